The van der Waals surface area contributed by atoms with Crippen molar-refractivity contribution in [2.75, 3.05) is 0 Å². The molecule has 0 spiro atoms. The molecule has 2 aromatic carbocycles. The summed E-state index contributed by atoms with van der Waals surface area (Å²) in [4.78, 5) is 6.11. The van der Waals surface area contributed by atoms with Gasteiger partial charge in [-0.3, -0.25) is 0 Å². The fourth-order valence-corrected chi connectivity index (χ4v) is 4.04. The molecule has 20 heavy (non-hydrogen) atoms. The molecule has 1 heterocycles. The van der Waals surface area contributed by atoms with Gasteiger partial charge in [-0.05, 0) is 36.1 Å². The molecule has 2 nitrogen and oxygen atoms in total. The number of aromatic nitrogens is 1. The molecule has 0 saturated carbocycles. The summed E-state index contributed by atoms with van der Waals surface area (Å²) >= 11 is 1.77. The van der Waals surface area contributed by atoms with Crippen LogP contribution in [0.5, 0.6) is 0 Å². The fraction of sp³-hybridized carbons (Fsp3) is 0.235. The van der Waals surface area contributed by atoms with E-state index in [9.17, 15) is 0 Å². The molecule has 3 aromatic rings. The molecule has 2 N–H and O–H groups in total. The van der Waals surface area contributed by atoms with Crippen LogP contribution in [0.1, 0.15) is 29.5 Å². The number of rotatable bonds is 1. The Balaban J connectivity index is 1.83. The summed E-state index contributed by atoms with van der Waals surface area (Å²) in [5, 5.41) is 3.65. The van der Waals surface area contributed by atoms with Crippen LogP contribution in [-0.4, -0.2) is 4.98 Å². The van der Waals surface area contributed by atoms with Gasteiger partial charge < -0.3 is 5.73 Å². The van der Waals surface area contributed by atoms with Crippen molar-refractivity contribution in [1.29, 1.82) is 0 Å². The van der Waals surface area contributed by atoms with Crippen LogP contribution in [0, 0.1) is 0 Å². The summed E-state index contributed by atoms with van der Waals surface area (Å²) in [6.45, 7) is 0. The normalized spacial score (nSPS) is 18.1. The van der Waals surface area contributed by atoms with E-state index in [1.807, 2.05) is 0 Å². The lowest BCUT2D eigenvalue weighted by molar-refractivity contribution is 0.573. The number of hydrogen-bond acceptors (Lipinski definition) is 3. The molecular formula is C17H16N2S. The molecule has 0 radical (unpaired) electrons. The summed E-state index contributed by atoms with van der Waals surface area (Å²) in [6, 6.07) is 15.2. The molecule has 1 atom stereocenters. The Morgan fingerprint density at radius 2 is 1.95 bits per heavy atom. The zero-order valence-electron chi connectivity index (χ0n) is 11.2. The van der Waals surface area contributed by atoms with Gasteiger partial charge in [-0.15, -0.1) is 11.3 Å². The van der Waals surface area contributed by atoms with Crippen LogP contribution < -0.4 is 5.73 Å². The minimum atomic E-state index is 0.186. The lowest BCUT2D eigenvalue weighted by Crippen LogP contribution is -2.15. The number of fused-ring (bicyclic) bond motifs is 2. The molecule has 0 amide bonds. The molecule has 1 unspecified atom stereocenters. The number of nitrogens with two attached hydrogens (primary N) is 1. The fourth-order valence-electron chi connectivity index (χ4n) is 2.90. The molecule has 3 heteroatoms. The van der Waals surface area contributed by atoms with Crippen LogP contribution >= 0.6 is 11.3 Å². The Kier molecular flexibility index (Phi) is 2.83. The van der Waals surface area contributed by atoms with Gasteiger partial charge in [0.05, 0.1) is 5.69 Å². The van der Waals surface area contributed by atoms with E-state index in [0.29, 0.717) is 0 Å². The van der Waals surface area contributed by atoms with Crippen molar-refractivity contribution in [3.63, 3.8) is 0 Å². The Hall–Kier alpha value is -1.71. The average molecular weight is 280 g/mol. The maximum atomic E-state index is 6.20. The molecular weight excluding hydrogens is 264 g/mol. The molecule has 1 aliphatic carbocycles. The monoisotopic (exact) mass is 280 g/mol. The van der Waals surface area contributed by atoms with E-state index < -0.39 is 0 Å². The summed E-state index contributed by atoms with van der Waals surface area (Å²) in [6.07, 6.45) is 3.33. The van der Waals surface area contributed by atoms with Crippen molar-refractivity contribution >= 4 is 22.1 Å². The van der Waals surface area contributed by atoms with Crippen molar-refractivity contribution in [3.05, 3.63) is 53.0 Å². The number of hydrogen-bond donors (Lipinski definition) is 1. The summed E-state index contributed by atoms with van der Waals surface area (Å²) < 4.78 is 0. The molecule has 0 aliphatic heterocycles. The van der Waals surface area contributed by atoms with Crippen LogP contribution in [-0.2, 0) is 6.42 Å². The summed E-state index contributed by atoms with van der Waals surface area (Å²) in [5.74, 6) is 0. The Bertz CT molecular complexity index is 776. The van der Waals surface area contributed by atoms with Gasteiger partial charge >= 0.3 is 0 Å². The molecule has 0 fully saturated rings. The Morgan fingerprint density at radius 1 is 1.10 bits per heavy atom. The van der Waals surface area contributed by atoms with E-state index in [1.165, 1.54) is 26.9 Å². The molecule has 0 bridgehead atoms. The lowest BCUT2D eigenvalue weighted by Gasteiger charge is -2.15. The highest BCUT2D eigenvalue weighted by Crippen LogP contribution is 2.37. The largest absolute Gasteiger partial charge is 0.323 e. The second-order valence-corrected chi connectivity index (χ2v) is 6.42. The number of benzene rings is 2. The first kappa shape index (κ1) is 12.1. The van der Waals surface area contributed by atoms with Crippen LogP contribution in [0.4, 0.5) is 0 Å². The minimum Gasteiger partial charge on any atom is -0.323 e. The van der Waals surface area contributed by atoms with E-state index >= 15 is 0 Å². The Labute approximate surface area is 122 Å². The molecule has 1 aliphatic rings. The second-order valence-electron chi connectivity index (χ2n) is 5.39. The quantitative estimate of drug-likeness (QED) is 0.722. The van der Waals surface area contributed by atoms with E-state index in [1.54, 1.807) is 11.3 Å². The highest BCUT2D eigenvalue weighted by atomic mass is 32.1. The average Bonchev–Trinajstić information content (AvgIpc) is 2.92. The highest BCUT2D eigenvalue weighted by Gasteiger charge is 2.22. The standard InChI is InChI=1S/C17H16N2S/c18-14-6-3-7-15-16(14)20-17(19-15)13-9-8-11-4-1-2-5-12(11)10-13/h1-2,4-5,8-10,14H,3,6-7,18H2. The summed E-state index contributed by atoms with van der Waals surface area (Å²) in [7, 11) is 0. The summed E-state index contributed by atoms with van der Waals surface area (Å²) in [5.41, 5.74) is 8.62. The highest BCUT2D eigenvalue weighted by molar-refractivity contribution is 7.15. The van der Waals surface area contributed by atoms with Crippen molar-refractivity contribution in [2.45, 2.75) is 25.3 Å². The van der Waals surface area contributed by atoms with E-state index in [0.717, 1.165) is 24.3 Å². The van der Waals surface area contributed by atoms with Gasteiger partial charge in [-0.25, -0.2) is 4.98 Å². The Morgan fingerprint density at radius 3 is 2.80 bits per heavy atom. The van der Waals surface area contributed by atoms with Gasteiger partial charge in [0.2, 0.25) is 0 Å². The minimum absolute atomic E-state index is 0.186. The topological polar surface area (TPSA) is 38.9 Å². The molecule has 0 saturated heterocycles. The lowest BCUT2D eigenvalue weighted by atomic mass is 9.99. The maximum Gasteiger partial charge on any atom is 0.123 e. The van der Waals surface area contributed by atoms with Crippen LogP contribution in [0.25, 0.3) is 21.3 Å². The number of nitrogens with zero attached hydrogens (tertiary/aromatic N) is 1. The van der Waals surface area contributed by atoms with Crippen LogP contribution in [0.15, 0.2) is 42.5 Å². The predicted octanol–water partition coefficient (Wildman–Crippen LogP) is 4.30. The molecule has 4 rings (SSSR count). The third-order valence-corrected chi connectivity index (χ3v) is 5.27. The smallest absolute Gasteiger partial charge is 0.123 e. The van der Waals surface area contributed by atoms with Gasteiger partial charge in [0.25, 0.3) is 0 Å². The first-order valence-electron chi connectivity index (χ1n) is 7.05. The number of thiazole rings is 1. The molecule has 1 aromatic heterocycles. The maximum absolute atomic E-state index is 6.20. The second kappa shape index (κ2) is 4.69. The van der Waals surface area contributed by atoms with Gasteiger partial charge in [-0.1, -0.05) is 36.4 Å². The van der Waals surface area contributed by atoms with E-state index in [4.69, 9.17) is 10.7 Å². The molecule has 100 valence electrons. The first-order valence-corrected chi connectivity index (χ1v) is 7.87. The van der Waals surface area contributed by atoms with Gasteiger partial charge in [0.1, 0.15) is 5.01 Å². The predicted molar refractivity (Wildman–Crippen MR) is 84.9 cm³/mol. The van der Waals surface area contributed by atoms with Gasteiger partial charge in [0.15, 0.2) is 0 Å². The van der Waals surface area contributed by atoms with Gasteiger partial charge in [-0.2, -0.15) is 0 Å². The van der Waals surface area contributed by atoms with Gasteiger partial charge in [0, 0.05) is 16.5 Å². The third kappa shape index (κ3) is 1.94. The van der Waals surface area contributed by atoms with E-state index in [-0.39, 0.29) is 6.04 Å². The van der Waals surface area contributed by atoms with Crippen LogP contribution in [0.2, 0.25) is 0 Å². The first-order chi connectivity index (χ1) is 9.81. The zero-order valence-corrected chi connectivity index (χ0v) is 12.0. The van der Waals surface area contributed by atoms with Crippen molar-refractivity contribution in [2.24, 2.45) is 5.73 Å². The van der Waals surface area contributed by atoms with Crippen molar-refractivity contribution < 1.29 is 0 Å². The van der Waals surface area contributed by atoms with E-state index in [2.05, 4.69) is 42.5 Å². The SMILES string of the molecule is NC1CCCc2nc(-c3ccc4ccccc4c3)sc21. The number of aryl methyl sites for hydroxylation is 1. The zero-order chi connectivity index (χ0) is 13.5. The van der Waals surface area contributed by atoms with Crippen molar-refractivity contribution in [1.82, 2.24) is 4.98 Å². The third-order valence-electron chi connectivity index (χ3n) is 3.99. The van der Waals surface area contributed by atoms with Crippen LogP contribution in [0.3, 0.4) is 0 Å². The van der Waals surface area contributed by atoms with Crippen molar-refractivity contribution in [3.8, 4) is 10.6 Å².